The lowest BCUT2D eigenvalue weighted by Gasteiger charge is -2.32. The Balaban J connectivity index is 1.38. The summed E-state index contributed by atoms with van der Waals surface area (Å²) in [6, 6.07) is 9.23. The molecule has 2 fully saturated rings. The zero-order valence-electron chi connectivity index (χ0n) is 18.5. The van der Waals surface area contributed by atoms with Gasteiger partial charge in [-0.15, -0.1) is 0 Å². The summed E-state index contributed by atoms with van der Waals surface area (Å²) in [5.74, 6) is 2.60. The monoisotopic (exact) mass is 401 g/mol. The van der Waals surface area contributed by atoms with Crippen LogP contribution in [0.5, 0.6) is 0 Å². The molecule has 162 valence electrons. The molecule has 2 aliphatic rings. The number of aliphatic imine (C=N–C) groups is 1. The van der Waals surface area contributed by atoms with E-state index in [1.165, 1.54) is 36.8 Å². The third kappa shape index (κ3) is 7.31. The summed E-state index contributed by atoms with van der Waals surface area (Å²) in [5, 5.41) is 7.08. The Labute approximate surface area is 176 Å². The Bertz CT molecular complexity index is 616. The summed E-state index contributed by atoms with van der Waals surface area (Å²) in [6.07, 6.45) is 7.49. The van der Waals surface area contributed by atoms with Gasteiger partial charge in [0.15, 0.2) is 5.96 Å². The Hall–Kier alpha value is -1.59. The Morgan fingerprint density at radius 2 is 1.69 bits per heavy atom. The number of benzene rings is 1. The fraction of sp³-hybridized carbons (Fsp3) is 0.708. The van der Waals surface area contributed by atoms with E-state index in [2.05, 4.69) is 53.7 Å². The van der Waals surface area contributed by atoms with Crippen LogP contribution in [-0.2, 0) is 22.6 Å². The highest BCUT2D eigenvalue weighted by atomic mass is 16.5. The zero-order chi connectivity index (χ0) is 20.5. The second-order valence-corrected chi connectivity index (χ2v) is 8.87. The average Bonchev–Trinajstić information content (AvgIpc) is 2.77. The molecule has 1 saturated heterocycles. The van der Waals surface area contributed by atoms with Crippen molar-refractivity contribution in [3.8, 4) is 0 Å². The van der Waals surface area contributed by atoms with E-state index in [4.69, 9.17) is 9.47 Å². The Morgan fingerprint density at radius 3 is 2.31 bits per heavy atom. The molecule has 29 heavy (non-hydrogen) atoms. The molecule has 2 N–H and O–H groups in total. The van der Waals surface area contributed by atoms with Crippen molar-refractivity contribution in [2.24, 2.45) is 16.8 Å². The molecule has 3 rings (SSSR count). The molecule has 0 unspecified atom stereocenters. The highest BCUT2D eigenvalue weighted by molar-refractivity contribution is 5.79. The predicted molar refractivity (Wildman–Crippen MR) is 119 cm³/mol. The van der Waals surface area contributed by atoms with E-state index in [0.29, 0.717) is 18.8 Å². The summed E-state index contributed by atoms with van der Waals surface area (Å²) in [4.78, 5) is 4.41. The zero-order valence-corrected chi connectivity index (χ0v) is 18.5. The number of guanidine groups is 1. The van der Waals surface area contributed by atoms with Gasteiger partial charge in [-0.05, 0) is 61.5 Å². The number of nitrogens with one attached hydrogen (secondary N) is 2. The number of ether oxygens (including phenoxy) is 2. The molecule has 5 heteroatoms. The molecule has 1 saturated carbocycles. The predicted octanol–water partition coefficient (Wildman–Crippen LogP) is 4.26. The maximum absolute atomic E-state index is 6.01. The van der Waals surface area contributed by atoms with Crippen molar-refractivity contribution in [1.82, 2.24) is 10.6 Å². The van der Waals surface area contributed by atoms with Crippen molar-refractivity contribution in [2.45, 2.75) is 77.7 Å². The second kappa shape index (κ2) is 11.6. The molecule has 1 aromatic carbocycles. The minimum absolute atomic E-state index is 0.343. The maximum atomic E-state index is 6.01. The van der Waals surface area contributed by atoms with Crippen LogP contribution in [0.2, 0.25) is 0 Å². The van der Waals surface area contributed by atoms with Gasteiger partial charge in [0.2, 0.25) is 0 Å². The van der Waals surface area contributed by atoms with E-state index >= 15 is 0 Å². The van der Waals surface area contributed by atoms with Gasteiger partial charge in [-0.25, -0.2) is 0 Å². The average molecular weight is 402 g/mol. The lowest BCUT2D eigenvalue weighted by Crippen LogP contribution is -2.44. The van der Waals surface area contributed by atoms with Crippen LogP contribution in [0.1, 0.15) is 63.5 Å². The largest absolute Gasteiger partial charge is 0.381 e. The van der Waals surface area contributed by atoms with Gasteiger partial charge >= 0.3 is 0 Å². The third-order valence-electron chi connectivity index (χ3n) is 6.42. The summed E-state index contributed by atoms with van der Waals surface area (Å²) >= 11 is 0. The van der Waals surface area contributed by atoms with Gasteiger partial charge in [0.1, 0.15) is 0 Å². The summed E-state index contributed by atoms with van der Waals surface area (Å²) in [6.45, 7) is 7.80. The second-order valence-electron chi connectivity index (χ2n) is 8.87. The molecule has 1 aromatic rings. The Kier molecular flexibility index (Phi) is 8.81. The van der Waals surface area contributed by atoms with Gasteiger partial charge in [0.05, 0.1) is 12.7 Å². The summed E-state index contributed by atoms with van der Waals surface area (Å²) in [5.41, 5.74) is 2.48. The van der Waals surface area contributed by atoms with Crippen LogP contribution in [-0.4, -0.2) is 38.4 Å². The first kappa shape index (κ1) is 22.1. The molecular formula is C24H39N3O2. The normalized spacial score (nSPS) is 23.9. The van der Waals surface area contributed by atoms with Gasteiger partial charge in [-0.1, -0.05) is 38.1 Å². The van der Waals surface area contributed by atoms with Gasteiger partial charge in [-0.2, -0.15) is 0 Å². The van der Waals surface area contributed by atoms with E-state index in [0.717, 1.165) is 50.4 Å². The Morgan fingerprint density at radius 1 is 1.03 bits per heavy atom. The smallest absolute Gasteiger partial charge is 0.191 e. The van der Waals surface area contributed by atoms with Gasteiger partial charge in [0, 0.05) is 32.8 Å². The minimum Gasteiger partial charge on any atom is -0.381 e. The lowest BCUT2D eigenvalue weighted by atomic mass is 9.80. The fourth-order valence-corrected chi connectivity index (χ4v) is 4.31. The van der Waals surface area contributed by atoms with Crippen LogP contribution in [0.3, 0.4) is 0 Å². The molecule has 0 radical (unpaired) electrons. The maximum Gasteiger partial charge on any atom is 0.191 e. The molecule has 0 aromatic heterocycles. The first-order chi connectivity index (χ1) is 14.1. The quantitative estimate of drug-likeness (QED) is 0.529. The van der Waals surface area contributed by atoms with E-state index < -0.39 is 0 Å². The number of hydrogen-bond acceptors (Lipinski definition) is 3. The van der Waals surface area contributed by atoms with Gasteiger partial charge in [0.25, 0.3) is 0 Å². The molecule has 0 amide bonds. The standard InChI is InChI=1S/C24H39N3O2/c1-18(2)21-8-10-22(11-9-21)27-24(25-3)26-16-19-4-6-20(7-5-19)17-29-23-12-14-28-15-13-23/h4-7,18,21-23H,8-17H2,1-3H3,(H2,25,26,27). The van der Waals surface area contributed by atoms with Crippen molar-refractivity contribution < 1.29 is 9.47 Å². The van der Waals surface area contributed by atoms with Crippen LogP contribution >= 0.6 is 0 Å². The highest BCUT2D eigenvalue weighted by Gasteiger charge is 2.23. The lowest BCUT2D eigenvalue weighted by molar-refractivity contribution is -0.0390. The van der Waals surface area contributed by atoms with Crippen molar-refractivity contribution in [1.29, 1.82) is 0 Å². The van der Waals surface area contributed by atoms with Gasteiger partial charge in [-0.3, -0.25) is 4.99 Å². The van der Waals surface area contributed by atoms with E-state index in [-0.39, 0.29) is 0 Å². The van der Waals surface area contributed by atoms with Crippen LogP contribution < -0.4 is 10.6 Å². The molecule has 0 spiro atoms. The third-order valence-corrected chi connectivity index (χ3v) is 6.42. The molecule has 0 atom stereocenters. The first-order valence-electron chi connectivity index (χ1n) is 11.4. The fourth-order valence-electron chi connectivity index (χ4n) is 4.31. The SMILES string of the molecule is CN=C(NCc1ccc(COC2CCOCC2)cc1)NC1CCC(C(C)C)CC1. The first-order valence-corrected chi connectivity index (χ1v) is 11.4. The van der Waals surface area contributed by atoms with Crippen LogP contribution in [0.15, 0.2) is 29.3 Å². The molecular weight excluding hydrogens is 362 g/mol. The molecule has 1 aliphatic carbocycles. The van der Waals surface area contributed by atoms with E-state index in [1.807, 2.05) is 7.05 Å². The number of nitrogens with zero attached hydrogens (tertiary/aromatic N) is 1. The number of rotatable bonds is 7. The topological polar surface area (TPSA) is 54.9 Å². The van der Waals surface area contributed by atoms with Crippen molar-refractivity contribution in [3.05, 3.63) is 35.4 Å². The molecule has 1 heterocycles. The molecule has 1 aliphatic heterocycles. The van der Waals surface area contributed by atoms with E-state index in [9.17, 15) is 0 Å². The van der Waals surface area contributed by atoms with Crippen LogP contribution in [0.4, 0.5) is 0 Å². The van der Waals surface area contributed by atoms with Gasteiger partial charge < -0.3 is 20.1 Å². The summed E-state index contributed by atoms with van der Waals surface area (Å²) in [7, 11) is 1.85. The van der Waals surface area contributed by atoms with Crippen molar-refractivity contribution in [3.63, 3.8) is 0 Å². The van der Waals surface area contributed by atoms with Crippen LogP contribution in [0.25, 0.3) is 0 Å². The summed E-state index contributed by atoms with van der Waals surface area (Å²) < 4.78 is 11.4. The van der Waals surface area contributed by atoms with E-state index in [1.54, 1.807) is 0 Å². The van der Waals surface area contributed by atoms with Crippen molar-refractivity contribution in [2.75, 3.05) is 20.3 Å². The van der Waals surface area contributed by atoms with Crippen LogP contribution in [0, 0.1) is 11.8 Å². The molecule has 0 bridgehead atoms. The number of hydrogen-bond donors (Lipinski definition) is 2. The minimum atomic E-state index is 0.343. The molecule has 5 nitrogen and oxygen atoms in total. The van der Waals surface area contributed by atoms with Crippen molar-refractivity contribution >= 4 is 5.96 Å². The highest BCUT2D eigenvalue weighted by Crippen LogP contribution is 2.29.